The fourth-order valence-corrected chi connectivity index (χ4v) is 3.93. The number of aryl methyl sites for hydroxylation is 1. The van der Waals surface area contributed by atoms with Gasteiger partial charge in [-0.15, -0.1) is 11.8 Å². The number of rotatable bonds is 9. The van der Waals surface area contributed by atoms with Gasteiger partial charge in [-0.1, -0.05) is 24.3 Å². The minimum atomic E-state index is 0.0241. The molecule has 0 bridgehead atoms. The molecule has 1 aliphatic rings. The summed E-state index contributed by atoms with van der Waals surface area (Å²) in [5.74, 6) is 1.39. The highest BCUT2D eigenvalue weighted by Gasteiger charge is 2.43. The third-order valence-electron chi connectivity index (χ3n) is 4.40. The van der Waals surface area contributed by atoms with E-state index in [2.05, 4.69) is 17.4 Å². The van der Waals surface area contributed by atoms with E-state index in [9.17, 15) is 4.79 Å². The molecule has 0 radical (unpaired) electrons. The number of amides is 1. The van der Waals surface area contributed by atoms with Gasteiger partial charge in [0, 0.05) is 16.2 Å². The van der Waals surface area contributed by atoms with Crippen LogP contribution >= 0.6 is 11.8 Å². The monoisotopic (exact) mass is 371 g/mol. The molecule has 2 aromatic carbocycles. The molecule has 2 aromatic rings. The van der Waals surface area contributed by atoms with Gasteiger partial charge in [0.1, 0.15) is 0 Å². The van der Waals surface area contributed by atoms with E-state index in [1.165, 1.54) is 4.90 Å². The Morgan fingerprint density at radius 2 is 1.92 bits per heavy atom. The second kappa shape index (κ2) is 8.49. The van der Waals surface area contributed by atoms with Crippen LogP contribution in [-0.2, 0) is 4.79 Å². The van der Waals surface area contributed by atoms with Crippen LogP contribution < -0.4 is 14.8 Å². The predicted molar refractivity (Wildman–Crippen MR) is 105 cm³/mol. The Bertz CT molecular complexity index is 744. The van der Waals surface area contributed by atoms with Gasteiger partial charge in [-0.3, -0.25) is 4.79 Å². The van der Waals surface area contributed by atoms with E-state index < -0.39 is 0 Å². The molecular weight excluding hydrogens is 346 g/mol. The summed E-state index contributed by atoms with van der Waals surface area (Å²) >= 11 is 1.86. The lowest BCUT2D eigenvalue weighted by Crippen LogP contribution is -2.32. The average molecular weight is 372 g/mol. The van der Waals surface area contributed by atoms with Crippen LogP contribution in [0.25, 0.3) is 0 Å². The standard InChI is InChI=1S/C21H25NO3S/c1-16-8-9-18(19(14-16)24-2)25-13-10-20(23)22-15-21(11-12-21)26-17-6-4-3-5-7-17/h3-9,14H,10-13,15H2,1-2H3,(H,22,23). The maximum absolute atomic E-state index is 12.1. The molecule has 0 heterocycles. The van der Waals surface area contributed by atoms with Gasteiger partial charge in [-0.25, -0.2) is 0 Å². The summed E-state index contributed by atoms with van der Waals surface area (Å²) in [6, 6.07) is 16.1. The lowest BCUT2D eigenvalue weighted by atomic mass is 10.2. The number of thioether (sulfide) groups is 1. The summed E-state index contributed by atoms with van der Waals surface area (Å²) in [4.78, 5) is 13.4. The molecular formula is C21H25NO3S. The SMILES string of the molecule is COc1cc(C)ccc1OCCC(=O)NCC1(Sc2ccccc2)CC1. The normalized spacial score (nSPS) is 14.5. The number of hydrogen-bond acceptors (Lipinski definition) is 4. The van der Waals surface area contributed by atoms with Gasteiger partial charge in [0.25, 0.3) is 0 Å². The Balaban J connectivity index is 1.41. The number of hydrogen-bond donors (Lipinski definition) is 1. The molecule has 0 spiro atoms. The van der Waals surface area contributed by atoms with E-state index in [4.69, 9.17) is 9.47 Å². The van der Waals surface area contributed by atoms with Gasteiger partial charge >= 0.3 is 0 Å². The summed E-state index contributed by atoms with van der Waals surface area (Å²) in [7, 11) is 1.62. The van der Waals surface area contributed by atoms with E-state index in [1.54, 1.807) is 7.11 Å². The molecule has 0 aliphatic heterocycles. The average Bonchev–Trinajstić information content (AvgIpc) is 3.41. The van der Waals surface area contributed by atoms with Gasteiger partial charge in [-0.2, -0.15) is 0 Å². The van der Waals surface area contributed by atoms with Gasteiger partial charge in [-0.05, 0) is 49.6 Å². The van der Waals surface area contributed by atoms with Crippen molar-refractivity contribution in [3.63, 3.8) is 0 Å². The van der Waals surface area contributed by atoms with Crippen LogP contribution in [0.4, 0.5) is 0 Å². The Morgan fingerprint density at radius 1 is 1.15 bits per heavy atom. The van der Waals surface area contributed by atoms with Crippen molar-refractivity contribution in [2.45, 2.75) is 35.8 Å². The van der Waals surface area contributed by atoms with Crippen LogP contribution in [0.5, 0.6) is 11.5 Å². The first-order valence-corrected chi connectivity index (χ1v) is 9.70. The zero-order valence-electron chi connectivity index (χ0n) is 15.3. The summed E-state index contributed by atoms with van der Waals surface area (Å²) < 4.78 is 11.2. The quantitative estimate of drug-likeness (QED) is 0.717. The van der Waals surface area contributed by atoms with Crippen LogP contribution in [0.1, 0.15) is 24.8 Å². The molecule has 1 aliphatic carbocycles. The molecule has 0 aromatic heterocycles. The van der Waals surface area contributed by atoms with Gasteiger partial charge in [0.2, 0.25) is 5.91 Å². The van der Waals surface area contributed by atoms with Crippen molar-refractivity contribution in [1.82, 2.24) is 5.32 Å². The second-order valence-corrected chi connectivity index (χ2v) is 8.17. The summed E-state index contributed by atoms with van der Waals surface area (Å²) in [5.41, 5.74) is 1.11. The van der Waals surface area contributed by atoms with Gasteiger partial charge < -0.3 is 14.8 Å². The van der Waals surface area contributed by atoms with Crippen molar-refractivity contribution in [2.24, 2.45) is 0 Å². The smallest absolute Gasteiger partial charge is 0.223 e. The first-order valence-electron chi connectivity index (χ1n) is 8.88. The number of carbonyl (C=O) groups excluding carboxylic acids is 1. The maximum atomic E-state index is 12.1. The van der Waals surface area contributed by atoms with Crippen LogP contribution in [0, 0.1) is 6.92 Å². The zero-order valence-corrected chi connectivity index (χ0v) is 16.1. The minimum Gasteiger partial charge on any atom is -0.493 e. The Kier molecular flexibility index (Phi) is 6.09. The molecule has 3 rings (SSSR count). The van der Waals surface area contributed by atoms with Crippen LogP contribution in [0.2, 0.25) is 0 Å². The van der Waals surface area contributed by atoms with Crippen molar-refractivity contribution in [3.8, 4) is 11.5 Å². The molecule has 26 heavy (non-hydrogen) atoms. The number of ether oxygens (including phenoxy) is 2. The highest BCUT2D eigenvalue weighted by atomic mass is 32.2. The lowest BCUT2D eigenvalue weighted by Gasteiger charge is -2.16. The highest BCUT2D eigenvalue weighted by molar-refractivity contribution is 8.01. The van der Waals surface area contributed by atoms with Crippen molar-refractivity contribution >= 4 is 17.7 Å². The number of carbonyl (C=O) groups is 1. The topological polar surface area (TPSA) is 47.6 Å². The van der Waals surface area contributed by atoms with Crippen LogP contribution in [-0.4, -0.2) is 30.9 Å². The Hall–Kier alpha value is -2.14. The summed E-state index contributed by atoms with van der Waals surface area (Å²) in [5, 5.41) is 3.06. The first kappa shape index (κ1) is 18.6. The molecule has 1 N–H and O–H groups in total. The third kappa shape index (κ3) is 5.18. The van der Waals surface area contributed by atoms with Gasteiger partial charge in [0.05, 0.1) is 20.1 Å². The van der Waals surface area contributed by atoms with Crippen LogP contribution in [0.15, 0.2) is 53.4 Å². The second-order valence-electron chi connectivity index (χ2n) is 6.63. The number of methoxy groups -OCH3 is 1. The third-order valence-corrected chi connectivity index (χ3v) is 5.89. The minimum absolute atomic E-state index is 0.0241. The van der Waals surface area contributed by atoms with E-state index in [-0.39, 0.29) is 10.7 Å². The Morgan fingerprint density at radius 3 is 2.62 bits per heavy atom. The fraction of sp³-hybridized carbons (Fsp3) is 0.381. The molecule has 0 atom stereocenters. The summed E-state index contributed by atoms with van der Waals surface area (Å²) in [6.07, 6.45) is 2.62. The fourth-order valence-electron chi connectivity index (χ4n) is 2.69. The number of nitrogens with one attached hydrogen (secondary N) is 1. The molecule has 138 valence electrons. The molecule has 1 fully saturated rings. The predicted octanol–water partition coefficient (Wildman–Crippen LogP) is 4.21. The van der Waals surface area contributed by atoms with E-state index in [0.717, 1.165) is 18.4 Å². The zero-order chi connectivity index (χ0) is 18.4. The van der Waals surface area contributed by atoms with E-state index in [0.29, 0.717) is 31.1 Å². The lowest BCUT2D eigenvalue weighted by molar-refractivity contribution is -0.121. The Labute approximate surface area is 159 Å². The first-order chi connectivity index (χ1) is 12.6. The molecule has 0 saturated heterocycles. The summed E-state index contributed by atoms with van der Waals surface area (Å²) in [6.45, 7) is 3.05. The molecule has 0 unspecified atom stereocenters. The van der Waals surface area contributed by atoms with Crippen molar-refractivity contribution in [2.75, 3.05) is 20.3 Å². The molecule has 1 amide bonds. The molecule has 1 saturated carbocycles. The molecule has 5 heteroatoms. The largest absolute Gasteiger partial charge is 0.493 e. The number of benzene rings is 2. The molecule has 4 nitrogen and oxygen atoms in total. The highest BCUT2D eigenvalue weighted by Crippen LogP contribution is 2.51. The maximum Gasteiger partial charge on any atom is 0.223 e. The van der Waals surface area contributed by atoms with Gasteiger partial charge in [0.15, 0.2) is 11.5 Å². The van der Waals surface area contributed by atoms with Crippen molar-refractivity contribution < 1.29 is 14.3 Å². The van der Waals surface area contributed by atoms with E-state index >= 15 is 0 Å². The van der Waals surface area contributed by atoms with Crippen molar-refractivity contribution in [3.05, 3.63) is 54.1 Å². The van der Waals surface area contributed by atoms with Crippen LogP contribution in [0.3, 0.4) is 0 Å². The van der Waals surface area contributed by atoms with E-state index in [1.807, 2.05) is 55.1 Å². The van der Waals surface area contributed by atoms with Crippen molar-refractivity contribution in [1.29, 1.82) is 0 Å².